The van der Waals surface area contributed by atoms with Crippen LogP contribution in [0.4, 0.5) is 11.8 Å². The summed E-state index contributed by atoms with van der Waals surface area (Å²) in [4.78, 5) is 11.0. The highest BCUT2D eigenvalue weighted by Crippen LogP contribution is 2.34. The highest BCUT2D eigenvalue weighted by atomic mass is 16.5. The van der Waals surface area contributed by atoms with Crippen LogP contribution in [0.15, 0.2) is 36.4 Å². The first-order valence-electron chi connectivity index (χ1n) is 8.09. The van der Waals surface area contributed by atoms with Crippen LogP contribution in [0.5, 0.6) is 17.2 Å². The summed E-state index contributed by atoms with van der Waals surface area (Å²) < 4.78 is 15.9. The second-order valence-electron chi connectivity index (χ2n) is 5.84. The average Bonchev–Trinajstić information content (AvgIpc) is 2.67. The summed E-state index contributed by atoms with van der Waals surface area (Å²) in [6.45, 7) is 0.641. The standard InChI is InChI=1S/C19H22N4O3/c1-23(11-12-5-7-13(24-2)8-6-12)19-21-15-10-17(26-4)16(25-3)9-14(15)18(20)22-19/h5-10H,11H2,1-4H3,(H2,20,21,22). The van der Waals surface area contributed by atoms with Gasteiger partial charge in [-0.25, -0.2) is 4.98 Å². The van der Waals surface area contributed by atoms with Crippen molar-refractivity contribution < 1.29 is 14.2 Å². The van der Waals surface area contributed by atoms with Gasteiger partial charge in [0.05, 0.1) is 26.8 Å². The van der Waals surface area contributed by atoms with Gasteiger partial charge in [-0.2, -0.15) is 4.98 Å². The third kappa shape index (κ3) is 3.42. The molecule has 0 unspecified atom stereocenters. The summed E-state index contributed by atoms with van der Waals surface area (Å²) in [5.74, 6) is 2.95. The van der Waals surface area contributed by atoms with Crippen LogP contribution in [-0.2, 0) is 6.54 Å². The van der Waals surface area contributed by atoms with Gasteiger partial charge in [-0.3, -0.25) is 0 Å². The van der Waals surface area contributed by atoms with Crippen molar-refractivity contribution in [3.8, 4) is 17.2 Å². The first kappa shape index (κ1) is 17.6. The monoisotopic (exact) mass is 354 g/mol. The summed E-state index contributed by atoms with van der Waals surface area (Å²) in [5.41, 5.74) is 7.96. The molecule has 7 nitrogen and oxygen atoms in total. The van der Waals surface area contributed by atoms with E-state index in [2.05, 4.69) is 9.97 Å². The molecule has 0 fully saturated rings. The maximum Gasteiger partial charge on any atom is 0.227 e. The quantitative estimate of drug-likeness (QED) is 0.729. The molecule has 3 rings (SSSR count). The Morgan fingerprint density at radius 2 is 1.58 bits per heavy atom. The lowest BCUT2D eigenvalue weighted by molar-refractivity contribution is 0.356. The van der Waals surface area contributed by atoms with Gasteiger partial charge in [0.15, 0.2) is 11.5 Å². The van der Waals surface area contributed by atoms with Crippen molar-refractivity contribution >= 4 is 22.7 Å². The number of nitrogens with two attached hydrogens (primary N) is 1. The van der Waals surface area contributed by atoms with Gasteiger partial charge < -0.3 is 24.8 Å². The molecule has 26 heavy (non-hydrogen) atoms. The SMILES string of the molecule is COc1ccc(CN(C)c2nc(N)c3cc(OC)c(OC)cc3n2)cc1. The number of hydrogen-bond donors (Lipinski definition) is 1. The van der Waals surface area contributed by atoms with E-state index in [9.17, 15) is 0 Å². The fourth-order valence-electron chi connectivity index (χ4n) is 2.71. The van der Waals surface area contributed by atoms with Crippen molar-refractivity contribution in [3.63, 3.8) is 0 Å². The Bertz CT molecular complexity index is 913. The maximum absolute atomic E-state index is 6.15. The fourth-order valence-corrected chi connectivity index (χ4v) is 2.71. The Labute approximate surface area is 152 Å². The third-order valence-corrected chi connectivity index (χ3v) is 4.14. The van der Waals surface area contributed by atoms with Gasteiger partial charge >= 0.3 is 0 Å². The van der Waals surface area contributed by atoms with E-state index in [4.69, 9.17) is 19.9 Å². The van der Waals surface area contributed by atoms with Crippen molar-refractivity contribution in [1.29, 1.82) is 0 Å². The Kier molecular flexibility index (Phi) is 4.97. The number of rotatable bonds is 6. The molecule has 0 saturated carbocycles. The summed E-state index contributed by atoms with van der Waals surface area (Å²) in [6.07, 6.45) is 0. The first-order chi connectivity index (χ1) is 12.5. The van der Waals surface area contributed by atoms with Crippen molar-refractivity contribution in [2.45, 2.75) is 6.54 Å². The molecular formula is C19H22N4O3. The van der Waals surface area contributed by atoms with Gasteiger partial charge in [-0.15, -0.1) is 0 Å². The molecule has 0 aliphatic carbocycles. The number of aromatic nitrogens is 2. The highest BCUT2D eigenvalue weighted by Gasteiger charge is 2.14. The lowest BCUT2D eigenvalue weighted by Crippen LogP contribution is -2.19. The predicted molar refractivity (Wildman–Crippen MR) is 102 cm³/mol. The lowest BCUT2D eigenvalue weighted by atomic mass is 10.2. The smallest absolute Gasteiger partial charge is 0.227 e. The molecule has 1 heterocycles. The third-order valence-electron chi connectivity index (χ3n) is 4.14. The molecule has 0 atom stereocenters. The Morgan fingerprint density at radius 1 is 0.923 bits per heavy atom. The van der Waals surface area contributed by atoms with E-state index < -0.39 is 0 Å². The number of nitrogen functional groups attached to an aromatic ring is 1. The van der Waals surface area contributed by atoms with E-state index in [0.29, 0.717) is 35.3 Å². The van der Waals surface area contributed by atoms with Gasteiger partial charge in [0.2, 0.25) is 5.95 Å². The zero-order chi connectivity index (χ0) is 18.7. The molecule has 2 N–H and O–H groups in total. The predicted octanol–water partition coefficient (Wildman–Crippen LogP) is 2.87. The van der Waals surface area contributed by atoms with E-state index in [-0.39, 0.29) is 0 Å². The van der Waals surface area contributed by atoms with Crippen LogP contribution in [0.25, 0.3) is 10.9 Å². The molecule has 0 aliphatic heterocycles. The summed E-state index contributed by atoms with van der Waals surface area (Å²) in [6, 6.07) is 11.5. The summed E-state index contributed by atoms with van der Waals surface area (Å²) >= 11 is 0. The van der Waals surface area contributed by atoms with Crippen LogP contribution in [-0.4, -0.2) is 38.3 Å². The molecule has 0 aliphatic rings. The van der Waals surface area contributed by atoms with Crippen molar-refractivity contribution in [3.05, 3.63) is 42.0 Å². The van der Waals surface area contributed by atoms with E-state index in [1.165, 1.54) is 0 Å². The number of methoxy groups -OCH3 is 3. The van der Waals surface area contributed by atoms with Crippen LogP contribution in [0.2, 0.25) is 0 Å². The normalized spacial score (nSPS) is 10.6. The summed E-state index contributed by atoms with van der Waals surface area (Å²) in [5, 5.41) is 0.726. The molecule has 0 spiro atoms. The Balaban J connectivity index is 1.93. The van der Waals surface area contributed by atoms with Crippen LogP contribution in [0.3, 0.4) is 0 Å². The second-order valence-corrected chi connectivity index (χ2v) is 5.84. The van der Waals surface area contributed by atoms with Gasteiger partial charge in [0.25, 0.3) is 0 Å². The zero-order valence-electron chi connectivity index (χ0n) is 15.3. The van der Waals surface area contributed by atoms with Crippen molar-refractivity contribution in [1.82, 2.24) is 9.97 Å². The number of hydrogen-bond acceptors (Lipinski definition) is 7. The van der Waals surface area contributed by atoms with Crippen molar-refractivity contribution in [2.75, 3.05) is 39.0 Å². The van der Waals surface area contributed by atoms with Crippen LogP contribution < -0.4 is 24.8 Å². The van der Waals surface area contributed by atoms with E-state index >= 15 is 0 Å². The Hall–Kier alpha value is -3.22. The Morgan fingerprint density at radius 3 is 2.19 bits per heavy atom. The van der Waals surface area contributed by atoms with Crippen LogP contribution in [0.1, 0.15) is 5.56 Å². The van der Waals surface area contributed by atoms with Gasteiger partial charge in [0.1, 0.15) is 11.6 Å². The number of ether oxygens (including phenoxy) is 3. The van der Waals surface area contributed by atoms with E-state index in [1.54, 1.807) is 33.5 Å². The molecule has 0 radical (unpaired) electrons. The summed E-state index contributed by atoms with van der Waals surface area (Å²) in [7, 11) is 6.74. The van der Waals surface area contributed by atoms with Crippen LogP contribution >= 0.6 is 0 Å². The van der Waals surface area contributed by atoms with Gasteiger partial charge in [-0.05, 0) is 23.8 Å². The van der Waals surface area contributed by atoms with E-state index in [1.807, 2.05) is 36.2 Å². The molecule has 7 heteroatoms. The highest BCUT2D eigenvalue weighted by molar-refractivity contribution is 5.91. The fraction of sp³-hybridized carbons (Fsp3) is 0.263. The molecule has 0 amide bonds. The van der Waals surface area contributed by atoms with Crippen LogP contribution in [0, 0.1) is 0 Å². The minimum Gasteiger partial charge on any atom is -0.497 e. The van der Waals surface area contributed by atoms with E-state index in [0.717, 1.165) is 16.7 Å². The lowest BCUT2D eigenvalue weighted by Gasteiger charge is -2.19. The second kappa shape index (κ2) is 7.35. The minimum absolute atomic E-state index is 0.396. The largest absolute Gasteiger partial charge is 0.497 e. The molecule has 3 aromatic rings. The number of nitrogens with zero attached hydrogens (tertiary/aromatic N) is 3. The topological polar surface area (TPSA) is 82.7 Å². The number of anilines is 2. The number of benzene rings is 2. The minimum atomic E-state index is 0.396. The molecule has 136 valence electrons. The average molecular weight is 354 g/mol. The zero-order valence-corrected chi connectivity index (χ0v) is 15.3. The molecule has 1 aromatic heterocycles. The molecule has 2 aromatic carbocycles. The first-order valence-corrected chi connectivity index (χ1v) is 8.09. The van der Waals surface area contributed by atoms with Gasteiger partial charge in [0, 0.05) is 25.0 Å². The van der Waals surface area contributed by atoms with Gasteiger partial charge in [-0.1, -0.05) is 12.1 Å². The molecular weight excluding hydrogens is 332 g/mol. The molecule has 0 bridgehead atoms. The molecule has 0 saturated heterocycles. The number of fused-ring (bicyclic) bond motifs is 1. The van der Waals surface area contributed by atoms with Crippen molar-refractivity contribution in [2.24, 2.45) is 0 Å². The maximum atomic E-state index is 6.15.